The molecule has 0 aliphatic carbocycles. The van der Waals surface area contributed by atoms with Gasteiger partial charge in [-0.2, -0.15) is 0 Å². The first-order chi connectivity index (χ1) is 10.0. The number of hydrogen-bond acceptors (Lipinski definition) is 2. The molecule has 0 heterocycles. The summed E-state index contributed by atoms with van der Waals surface area (Å²) in [6.45, 7) is 0. The van der Waals surface area contributed by atoms with Gasteiger partial charge in [-0.15, -0.1) is 0 Å². The van der Waals surface area contributed by atoms with Crippen LogP contribution in [0.1, 0.15) is 6.42 Å². The van der Waals surface area contributed by atoms with Gasteiger partial charge in [-0.1, -0.05) is 39.7 Å². The molecule has 2 amide bonds. The molecule has 0 atom stereocenters. The first-order valence-corrected chi connectivity index (χ1v) is 7.31. The van der Waals surface area contributed by atoms with Gasteiger partial charge in [-0.25, -0.2) is 0 Å². The van der Waals surface area contributed by atoms with Crippen LogP contribution in [0, 0.1) is 0 Å². The van der Waals surface area contributed by atoms with Crippen molar-refractivity contribution in [2.24, 2.45) is 0 Å². The van der Waals surface area contributed by atoms with E-state index in [1.807, 2.05) is 6.07 Å². The van der Waals surface area contributed by atoms with Crippen molar-refractivity contribution in [1.29, 1.82) is 0 Å². The van der Waals surface area contributed by atoms with Crippen LogP contribution in [0.4, 0.5) is 11.4 Å². The Morgan fingerprint density at radius 3 is 2.10 bits per heavy atom. The number of benzene rings is 2. The summed E-state index contributed by atoms with van der Waals surface area (Å²) >= 11 is 9.13. The van der Waals surface area contributed by atoms with Crippen molar-refractivity contribution < 1.29 is 9.59 Å². The van der Waals surface area contributed by atoms with Crippen LogP contribution in [0.3, 0.4) is 0 Å². The molecule has 21 heavy (non-hydrogen) atoms. The Hall–Kier alpha value is -1.85. The summed E-state index contributed by atoms with van der Waals surface area (Å²) in [5, 5.41) is 5.79. The van der Waals surface area contributed by atoms with Crippen LogP contribution in [0.15, 0.2) is 53.0 Å². The highest BCUT2D eigenvalue weighted by Crippen LogP contribution is 2.17. The van der Waals surface area contributed by atoms with Crippen molar-refractivity contribution in [3.8, 4) is 0 Å². The standard InChI is InChI=1S/C15H12BrClN2O2/c16-10-3-1-5-12(7-10)18-14(20)9-15(21)19-13-6-2-4-11(17)8-13/h1-8H,9H2,(H,18,20)(H,19,21). The molecule has 0 unspecified atom stereocenters. The van der Waals surface area contributed by atoms with Gasteiger partial charge in [0.25, 0.3) is 0 Å². The van der Waals surface area contributed by atoms with Gasteiger partial charge in [-0.05, 0) is 36.4 Å². The third-order valence-electron chi connectivity index (χ3n) is 2.54. The Balaban J connectivity index is 1.89. The fraction of sp³-hybridized carbons (Fsp3) is 0.0667. The third-order valence-corrected chi connectivity index (χ3v) is 3.27. The van der Waals surface area contributed by atoms with E-state index in [0.29, 0.717) is 16.4 Å². The Labute approximate surface area is 135 Å². The minimum atomic E-state index is -0.398. The number of hydrogen-bond donors (Lipinski definition) is 2. The summed E-state index contributed by atoms with van der Waals surface area (Å²) in [4.78, 5) is 23.5. The number of halogens is 2. The van der Waals surface area contributed by atoms with E-state index in [4.69, 9.17) is 11.6 Å². The zero-order chi connectivity index (χ0) is 15.2. The minimum Gasteiger partial charge on any atom is -0.326 e. The number of carbonyl (C=O) groups is 2. The molecule has 2 aromatic rings. The molecule has 2 N–H and O–H groups in total. The van der Waals surface area contributed by atoms with Crippen molar-refractivity contribution >= 4 is 50.7 Å². The van der Waals surface area contributed by atoms with Gasteiger partial charge in [0, 0.05) is 20.9 Å². The van der Waals surface area contributed by atoms with E-state index in [0.717, 1.165) is 4.47 Å². The summed E-state index contributed by atoms with van der Waals surface area (Å²) in [5.41, 5.74) is 1.19. The van der Waals surface area contributed by atoms with Gasteiger partial charge in [0.2, 0.25) is 11.8 Å². The van der Waals surface area contributed by atoms with E-state index in [1.54, 1.807) is 42.5 Å². The number of nitrogens with one attached hydrogen (secondary N) is 2. The van der Waals surface area contributed by atoms with E-state index in [9.17, 15) is 9.59 Å². The fourth-order valence-electron chi connectivity index (χ4n) is 1.69. The number of anilines is 2. The van der Waals surface area contributed by atoms with Gasteiger partial charge >= 0.3 is 0 Å². The van der Waals surface area contributed by atoms with Crippen molar-refractivity contribution in [1.82, 2.24) is 0 Å². The Bertz CT molecular complexity index is 619. The number of rotatable bonds is 4. The lowest BCUT2D eigenvalue weighted by Crippen LogP contribution is -2.21. The Morgan fingerprint density at radius 2 is 1.52 bits per heavy atom. The molecule has 0 spiro atoms. The highest BCUT2D eigenvalue weighted by atomic mass is 79.9. The first kappa shape index (κ1) is 15.5. The van der Waals surface area contributed by atoms with E-state index < -0.39 is 5.91 Å². The molecule has 0 aliphatic rings. The molecule has 0 fully saturated rings. The zero-order valence-corrected chi connectivity index (χ0v) is 13.2. The minimum absolute atomic E-state index is 0.265. The first-order valence-electron chi connectivity index (χ1n) is 6.14. The molecule has 0 saturated carbocycles. The average Bonchev–Trinajstić information content (AvgIpc) is 2.38. The van der Waals surface area contributed by atoms with E-state index in [1.165, 1.54) is 0 Å². The smallest absolute Gasteiger partial charge is 0.233 e. The maximum absolute atomic E-state index is 11.8. The molecular formula is C15H12BrClN2O2. The summed E-state index contributed by atoms with van der Waals surface area (Å²) in [6.07, 6.45) is -0.265. The normalized spacial score (nSPS) is 10.0. The Kier molecular flexibility index (Phi) is 5.36. The predicted molar refractivity (Wildman–Crippen MR) is 87.5 cm³/mol. The van der Waals surface area contributed by atoms with Crippen LogP contribution in [-0.2, 0) is 9.59 Å². The van der Waals surface area contributed by atoms with Gasteiger partial charge in [0.05, 0.1) is 0 Å². The number of amides is 2. The highest BCUT2D eigenvalue weighted by Gasteiger charge is 2.10. The van der Waals surface area contributed by atoms with Crippen LogP contribution in [0.25, 0.3) is 0 Å². The van der Waals surface area contributed by atoms with Crippen LogP contribution in [0.5, 0.6) is 0 Å². The lowest BCUT2D eigenvalue weighted by atomic mass is 10.3. The molecule has 4 nitrogen and oxygen atoms in total. The van der Waals surface area contributed by atoms with E-state index in [-0.39, 0.29) is 12.3 Å². The van der Waals surface area contributed by atoms with Gasteiger partial charge in [0.15, 0.2) is 0 Å². The average molecular weight is 368 g/mol. The maximum Gasteiger partial charge on any atom is 0.233 e. The molecule has 0 saturated heterocycles. The second kappa shape index (κ2) is 7.24. The maximum atomic E-state index is 11.8. The number of carbonyl (C=O) groups excluding carboxylic acids is 2. The SMILES string of the molecule is O=C(CC(=O)Nc1cccc(Br)c1)Nc1cccc(Cl)c1. The monoisotopic (exact) mass is 366 g/mol. The summed E-state index contributed by atoms with van der Waals surface area (Å²) in [5.74, 6) is -0.780. The van der Waals surface area contributed by atoms with E-state index >= 15 is 0 Å². The zero-order valence-electron chi connectivity index (χ0n) is 10.9. The predicted octanol–water partition coefficient (Wildman–Crippen LogP) is 4.07. The largest absolute Gasteiger partial charge is 0.326 e. The third kappa shape index (κ3) is 5.21. The van der Waals surface area contributed by atoms with Gasteiger partial charge in [-0.3, -0.25) is 9.59 Å². The highest BCUT2D eigenvalue weighted by molar-refractivity contribution is 9.10. The summed E-state index contributed by atoms with van der Waals surface area (Å²) in [6, 6.07) is 13.9. The van der Waals surface area contributed by atoms with Crippen LogP contribution in [0.2, 0.25) is 5.02 Å². The van der Waals surface area contributed by atoms with Crippen LogP contribution < -0.4 is 10.6 Å². The summed E-state index contributed by atoms with van der Waals surface area (Å²) < 4.78 is 0.851. The van der Waals surface area contributed by atoms with Crippen molar-refractivity contribution in [2.75, 3.05) is 10.6 Å². The second-order valence-electron chi connectivity index (χ2n) is 4.29. The fourth-order valence-corrected chi connectivity index (χ4v) is 2.28. The molecule has 2 aromatic carbocycles. The van der Waals surface area contributed by atoms with E-state index in [2.05, 4.69) is 26.6 Å². The quantitative estimate of drug-likeness (QED) is 0.800. The molecule has 2 rings (SSSR count). The molecule has 0 aromatic heterocycles. The van der Waals surface area contributed by atoms with Gasteiger partial charge in [0.1, 0.15) is 6.42 Å². The molecule has 0 bridgehead atoms. The second-order valence-corrected chi connectivity index (χ2v) is 5.65. The lowest BCUT2D eigenvalue weighted by Gasteiger charge is -2.07. The molecule has 0 aliphatic heterocycles. The molecule has 0 radical (unpaired) electrons. The van der Waals surface area contributed by atoms with Crippen molar-refractivity contribution in [3.05, 3.63) is 58.0 Å². The lowest BCUT2D eigenvalue weighted by molar-refractivity contribution is -0.123. The van der Waals surface area contributed by atoms with Gasteiger partial charge < -0.3 is 10.6 Å². The van der Waals surface area contributed by atoms with Crippen LogP contribution in [-0.4, -0.2) is 11.8 Å². The van der Waals surface area contributed by atoms with Crippen LogP contribution >= 0.6 is 27.5 Å². The topological polar surface area (TPSA) is 58.2 Å². The Morgan fingerprint density at radius 1 is 0.952 bits per heavy atom. The summed E-state index contributed by atoms with van der Waals surface area (Å²) in [7, 11) is 0. The molecule has 108 valence electrons. The molecular weight excluding hydrogens is 356 g/mol. The van der Waals surface area contributed by atoms with Crippen molar-refractivity contribution in [3.63, 3.8) is 0 Å². The molecule has 6 heteroatoms. The van der Waals surface area contributed by atoms with Crippen molar-refractivity contribution in [2.45, 2.75) is 6.42 Å².